The van der Waals surface area contributed by atoms with Gasteiger partial charge in [-0.1, -0.05) is 33.1 Å². The Morgan fingerprint density at radius 1 is 0.647 bits per heavy atom. The van der Waals surface area contributed by atoms with Crippen molar-refractivity contribution in [1.82, 2.24) is 20.4 Å². The monoisotopic (exact) mass is 785 g/mol. The highest BCUT2D eigenvalue weighted by Crippen LogP contribution is 2.38. The van der Waals surface area contributed by atoms with E-state index in [4.69, 9.17) is 33.6 Å². The molecule has 17 nitrogen and oxygen atoms in total. The second kappa shape index (κ2) is 32.3. The molecule has 0 saturated heterocycles. The van der Waals surface area contributed by atoms with E-state index in [1.165, 1.54) is 7.11 Å². The third-order valence-electron chi connectivity index (χ3n) is 8.04. The first-order chi connectivity index (χ1) is 24.2. The van der Waals surface area contributed by atoms with E-state index in [1.54, 1.807) is 0 Å². The fourth-order valence-electron chi connectivity index (χ4n) is 5.15. The Balaban J connectivity index is 5.30. The second-order valence-electron chi connectivity index (χ2n) is 12.9. The fourth-order valence-corrected chi connectivity index (χ4v) is 6.31. The van der Waals surface area contributed by atoms with Crippen LogP contribution in [0.2, 0.25) is 0 Å². The van der Waals surface area contributed by atoms with Gasteiger partial charge in [0.2, 0.25) is 0 Å². The van der Waals surface area contributed by atoms with Crippen molar-refractivity contribution in [3.05, 3.63) is 0 Å². The zero-order chi connectivity index (χ0) is 38.4. The molecule has 51 heavy (non-hydrogen) atoms. The number of nitrogens with one attached hydrogen (secondary N) is 2. The van der Waals surface area contributed by atoms with Crippen LogP contribution in [-0.2, 0) is 18.4 Å². The summed E-state index contributed by atoms with van der Waals surface area (Å²) in [6.45, 7) is 11.3. The molecule has 0 spiro atoms. The summed E-state index contributed by atoms with van der Waals surface area (Å²) in [6, 6.07) is 0. The summed E-state index contributed by atoms with van der Waals surface area (Å²) in [5, 5.41) is 39.1. The predicted molar refractivity (Wildman–Crippen MR) is 206 cm³/mol. The minimum absolute atomic E-state index is 0.0260. The molecule has 0 radical (unpaired) electrons. The van der Waals surface area contributed by atoms with Crippen molar-refractivity contribution in [2.75, 3.05) is 130 Å². The molecule has 4 atom stereocenters. The molecule has 0 aromatic rings. The summed E-state index contributed by atoms with van der Waals surface area (Å²) in [6.07, 6.45) is 2.48. The summed E-state index contributed by atoms with van der Waals surface area (Å²) < 4.78 is 68.3. The number of nitrogens with two attached hydrogens (primary N) is 1. The minimum Gasteiger partial charge on any atom is -0.389 e. The van der Waals surface area contributed by atoms with Crippen LogP contribution < -0.4 is 16.4 Å². The van der Waals surface area contributed by atoms with E-state index < -0.39 is 40.1 Å². The van der Waals surface area contributed by atoms with Crippen molar-refractivity contribution in [1.29, 1.82) is 0 Å². The van der Waals surface area contributed by atoms with Crippen molar-refractivity contribution >= 4 is 21.7 Å². The highest BCUT2D eigenvalue weighted by molar-refractivity contribution is 8.20. The number of aliphatic hydroxyl groups is 3. The van der Waals surface area contributed by atoms with Crippen molar-refractivity contribution in [2.45, 2.75) is 70.7 Å². The predicted octanol–water partition coefficient (Wildman–Crippen LogP) is 1.39. The number of hydrogen-bond acceptors (Lipinski definition) is 17. The molecule has 0 bridgehead atoms. The number of hydrogen-bond donors (Lipinski definition) is 11. The Morgan fingerprint density at radius 2 is 1.18 bits per heavy atom. The van der Waals surface area contributed by atoms with Crippen LogP contribution >= 0.6 is 21.7 Å². The lowest BCUT2D eigenvalue weighted by Crippen LogP contribution is -2.47. The van der Waals surface area contributed by atoms with E-state index in [2.05, 4.69) is 33.6 Å². The standard InChI is InChI=1S/C32H75N5O12S2/c1-4-6-9-29(5-2)25-49-28-32(40)24-37(23-31(39)27-48-19-8-21-51(44,45)46-3)17-16-36(15-14-35-13-12-34-11-10-33)22-30(38)26-47-18-7-20-50(41,42)43/h29-32,34-35,38-45H,4-28,33H2,1-3H3. The number of rotatable bonds is 38. The molecule has 0 aliphatic carbocycles. The van der Waals surface area contributed by atoms with E-state index in [0.29, 0.717) is 58.2 Å². The Bertz CT molecular complexity index is 783. The highest BCUT2D eigenvalue weighted by Gasteiger charge is 2.20. The van der Waals surface area contributed by atoms with Gasteiger partial charge in [0.1, 0.15) is 0 Å². The van der Waals surface area contributed by atoms with Gasteiger partial charge in [0.05, 0.1) is 67.0 Å². The molecule has 0 aromatic carbocycles. The Morgan fingerprint density at radius 3 is 1.71 bits per heavy atom. The smallest absolute Gasteiger partial charge is 0.0900 e. The van der Waals surface area contributed by atoms with Crippen LogP contribution in [0.3, 0.4) is 0 Å². The molecular formula is C32H75N5O12S2. The van der Waals surface area contributed by atoms with Crippen LogP contribution in [-0.4, -0.2) is 196 Å². The van der Waals surface area contributed by atoms with Crippen LogP contribution in [0.1, 0.15) is 52.4 Å². The molecule has 0 aromatic heterocycles. The topological polar surface area (TPSA) is 255 Å². The van der Waals surface area contributed by atoms with Crippen molar-refractivity contribution in [2.24, 2.45) is 11.7 Å². The second-order valence-corrected chi connectivity index (χ2v) is 16.6. The van der Waals surface area contributed by atoms with E-state index in [-0.39, 0.29) is 64.1 Å². The first kappa shape index (κ1) is 51.0. The highest BCUT2D eigenvalue weighted by atomic mass is 32.3. The van der Waals surface area contributed by atoms with Crippen LogP contribution in [0, 0.1) is 5.92 Å². The number of ether oxygens (including phenoxy) is 3. The van der Waals surface area contributed by atoms with Crippen LogP contribution in [0.25, 0.3) is 0 Å². The molecule has 0 aliphatic rings. The summed E-state index contributed by atoms with van der Waals surface area (Å²) in [5.74, 6) is 0.294. The lowest BCUT2D eigenvalue weighted by molar-refractivity contribution is -0.0197. The van der Waals surface area contributed by atoms with Gasteiger partial charge in [-0.25, -0.2) is 0 Å². The van der Waals surface area contributed by atoms with Gasteiger partial charge in [0.25, 0.3) is 0 Å². The molecule has 4 unspecified atom stereocenters. The largest absolute Gasteiger partial charge is 0.389 e. The van der Waals surface area contributed by atoms with Gasteiger partial charge >= 0.3 is 0 Å². The van der Waals surface area contributed by atoms with Crippen LogP contribution in [0.5, 0.6) is 0 Å². The van der Waals surface area contributed by atoms with Gasteiger partial charge in [-0.05, 0) is 25.2 Å². The summed E-state index contributed by atoms with van der Waals surface area (Å²) in [7, 11) is -5.42. The average molecular weight is 786 g/mol. The lowest BCUT2D eigenvalue weighted by atomic mass is 10.0. The Labute approximate surface area is 310 Å². The average Bonchev–Trinajstić information content (AvgIpc) is 3.07. The first-order valence-corrected chi connectivity index (χ1v) is 21.7. The van der Waals surface area contributed by atoms with Crippen LogP contribution in [0.4, 0.5) is 0 Å². The zero-order valence-corrected chi connectivity index (χ0v) is 33.1. The van der Waals surface area contributed by atoms with Crippen molar-refractivity contribution in [3.63, 3.8) is 0 Å². The normalized spacial score (nSPS) is 15.8. The van der Waals surface area contributed by atoms with Gasteiger partial charge < -0.3 is 68.7 Å². The third kappa shape index (κ3) is 33.1. The maximum atomic E-state index is 10.9. The molecule has 12 N–H and O–H groups in total. The maximum Gasteiger partial charge on any atom is 0.0900 e. The Kier molecular flexibility index (Phi) is 32.3. The molecule has 0 heterocycles. The maximum absolute atomic E-state index is 10.9. The van der Waals surface area contributed by atoms with Gasteiger partial charge in [-0.3, -0.25) is 14.0 Å². The fraction of sp³-hybridized carbons (Fsp3) is 1.00. The molecule has 0 fully saturated rings. The molecule has 0 saturated carbocycles. The SMILES string of the molecule is CCCCC(CC)COCC(O)CN(CCN(CCNCCNCCN)CC(O)COCCCS(O)(O)O)CC(O)COCCCS(O)(O)OC. The quantitative estimate of drug-likeness (QED) is 0.0396. The number of aliphatic hydroxyl groups excluding tert-OH is 3. The molecule has 19 heteroatoms. The molecule has 312 valence electrons. The van der Waals surface area contributed by atoms with Crippen LogP contribution in [0.15, 0.2) is 0 Å². The molecular weight excluding hydrogens is 711 g/mol. The summed E-state index contributed by atoms with van der Waals surface area (Å²) in [5.41, 5.74) is 5.53. The minimum atomic E-state index is -3.57. The first-order valence-electron chi connectivity index (χ1n) is 18.4. The zero-order valence-electron chi connectivity index (χ0n) is 31.5. The van der Waals surface area contributed by atoms with E-state index in [1.807, 2.05) is 4.90 Å². The van der Waals surface area contributed by atoms with Gasteiger partial charge in [-0.2, -0.15) is 0 Å². The lowest BCUT2D eigenvalue weighted by Gasteiger charge is -2.31. The van der Waals surface area contributed by atoms with E-state index in [0.717, 1.165) is 45.3 Å². The molecule has 0 amide bonds. The van der Waals surface area contributed by atoms with Gasteiger partial charge in [-0.15, -0.1) is 0 Å². The number of nitrogens with zero attached hydrogens (tertiary/aromatic N) is 2. The molecule has 0 rings (SSSR count). The molecule has 0 aliphatic heterocycles. The Hall–Kier alpha value is 0.0200. The number of unbranched alkanes of at least 4 members (excludes halogenated alkanes) is 1. The third-order valence-corrected chi connectivity index (χ3v) is 10.2. The summed E-state index contributed by atoms with van der Waals surface area (Å²) >= 11 is 0. The van der Waals surface area contributed by atoms with Gasteiger partial charge in [0, 0.05) is 103 Å². The summed E-state index contributed by atoms with van der Waals surface area (Å²) in [4.78, 5) is 4.02. The van der Waals surface area contributed by atoms with Crippen molar-refractivity contribution < 1.29 is 56.5 Å². The van der Waals surface area contributed by atoms with E-state index in [9.17, 15) is 24.4 Å². The van der Waals surface area contributed by atoms with Crippen molar-refractivity contribution in [3.8, 4) is 0 Å². The van der Waals surface area contributed by atoms with Gasteiger partial charge in [0.15, 0.2) is 0 Å². The van der Waals surface area contributed by atoms with E-state index >= 15 is 0 Å².